The van der Waals surface area contributed by atoms with Crippen LogP contribution in [0.1, 0.15) is 12.7 Å². The van der Waals surface area contributed by atoms with Gasteiger partial charge in [0.2, 0.25) is 0 Å². The van der Waals surface area contributed by atoms with Crippen LogP contribution in [0.3, 0.4) is 0 Å². The molecule has 0 aliphatic carbocycles. The van der Waals surface area contributed by atoms with Gasteiger partial charge in [0.05, 0.1) is 6.20 Å². The summed E-state index contributed by atoms with van der Waals surface area (Å²) >= 11 is 0. The molecule has 0 aliphatic rings. The van der Waals surface area contributed by atoms with Crippen LogP contribution in [0.5, 0.6) is 0 Å². The zero-order chi connectivity index (χ0) is 12.2. The quantitative estimate of drug-likeness (QED) is 0.737. The van der Waals surface area contributed by atoms with E-state index in [0.717, 1.165) is 6.54 Å². The predicted molar refractivity (Wildman–Crippen MR) is 61.7 cm³/mol. The molecule has 1 rings (SSSR count). The fourth-order valence-corrected chi connectivity index (χ4v) is 2.13. The molecule has 0 fully saturated rings. The largest absolute Gasteiger partial charge is 0.332 e. The third-order valence-electron chi connectivity index (χ3n) is 2.29. The van der Waals surface area contributed by atoms with Crippen LogP contribution in [-0.2, 0) is 10.0 Å². The first-order valence-corrected chi connectivity index (χ1v) is 6.64. The molecule has 0 bridgehead atoms. The van der Waals surface area contributed by atoms with Gasteiger partial charge in [0.25, 0.3) is 10.0 Å². The smallest absolute Gasteiger partial charge is 0.257 e. The van der Waals surface area contributed by atoms with Crippen molar-refractivity contribution in [3.63, 3.8) is 0 Å². The Balaban J connectivity index is 2.53. The summed E-state index contributed by atoms with van der Waals surface area (Å²) in [4.78, 5) is 8.58. The van der Waals surface area contributed by atoms with E-state index in [2.05, 4.69) is 14.7 Å². The SMILES string of the molecule is CCN(C)CCNS(=O)(=O)c1cnc(C)[nH]1. The molecular formula is C9H18N4O2S. The van der Waals surface area contributed by atoms with Crippen LogP contribution >= 0.6 is 0 Å². The van der Waals surface area contributed by atoms with Crippen molar-refractivity contribution in [2.45, 2.75) is 18.9 Å². The number of aryl methyl sites for hydroxylation is 1. The van der Waals surface area contributed by atoms with Crippen LogP contribution in [0.2, 0.25) is 0 Å². The highest BCUT2D eigenvalue weighted by molar-refractivity contribution is 7.89. The van der Waals surface area contributed by atoms with Crippen molar-refractivity contribution in [1.29, 1.82) is 0 Å². The van der Waals surface area contributed by atoms with Gasteiger partial charge in [0.15, 0.2) is 5.03 Å². The molecule has 7 heteroatoms. The van der Waals surface area contributed by atoms with Gasteiger partial charge in [0.1, 0.15) is 5.82 Å². The number of sulfonamides is 1. The number of imidazole rings is 1. The van der Waals surface area contributed by atoms with Crippen molar-refractivity contribution in [1.82, 2.24) is 19.6 Å². The average Bonchev–Trinajstić information content (AvgIpc) is 2.65. The van der Waals surface area contributed by atoms with Gasteiger partial charge in [0, 0.05) is 13.1 Å². The lowest BCUT2D eigenvalue weighted by molar-refractivity contribution is 0.358. The van der Waals surface area contributed by atoms with Gasteiger partial charge in [-0.3, -0.25) is 0 Å². The van der Waals surface area contributed by atoms with Crippen molar-refractivity contribution in [3.05, 3.63) is 12.0 Å². The Morgan fingerprint density at radius 1 is 1.56 bits per heavy atom. The molecular weight excluding hydrogens is 228 g/mol. The Labute approximate surface area is 96.1 Å². The van der Waals surface area contributed by atoms with Gasteiger partial charge in [-0.15, -0.1) is 0 Å². The Bertz CT molecular complexity index is 426. The van der Waals surface area contributed by atoms with Gasteiger partial charge in [-0.05, 0) is 20.5 Å². The van der Waals surface area contributed by atoms with Crippen molar-refractivity contribution < 1.29 is 8.42 Å². The zero-order valence-corrected chi connectivity index (χ0v) is 10.6. The Morgan fingerprint density at radius 2 is 2.25 bits per heavy atom. The van der Waals surface area contributed by atoms with E-state index >= 15 is 0 Å². The minimum Gasteiger partial charge on any atom is -0.332 e. The lowest BCUT2D eigenvalue weighted by atomic mass is 10.5. The molecule has 0 aliphatic heterocycles. The van der Waals surface area contributed by atoms with Crippen molar-refractivity contribution in [2.24, 2.45) is 0 Å². The zero-order valence-electron chi connectivity index (χ0n) is 9.82. The lowest BCUT2D eigenvalue weighted by Gasteiger charge is -2.13. The summed E-state index contributed by atoms with van der Waals surface area (Å²) in [5, 5.41) is 0.115. The fraction of sp³-hybridized carbons (Fsp3) is 0.667. The van der Waals surface area contributed by atoms with Crippen LogP contribution in [0.25, 0.3) is 0 Å². The van der Waals surface area contributed by atoms with E-state index in [4.69, 9.17) is 0 Å². The number of aromatic nitrogens is 2. The van der Waals surface area contributed by atoms with Crippen molar-refractivity contribution >= 4 is 10.0 Å². The van der Waals surface area contributed by atoms with E-state index in [1.807, 2.05) is 18.9 Å². The highest BCUT2D eigenvalue weighted by atomic mass is 32.2. The van der Waals surface area contributed by atoms with Crippen LogP contribution < -0.4 is 4.72 Å². The number of rotatable bonds is 6. The summed E-state index contributed by atoms with van der Waals surface area (Å²) in [6, 6.07) is 0. The van der Waals surface area contributed by atoms with Crippen molar-refractivity contribution in [3.8, 4) is 0 Å². The van der Waals surface area contributed by atoms with Crippen LogP contribution in [0.4, 0.5) is 0 Å². The molecule has 0 unspecified atom stereocenters. The summed E-state index contributed by atoms with van der Waals surface area (Å²) in [6.07, 6.45) is 1.32. The molecule has 0 saturated carbocycles. The van der Waals surface area contributed by atoms with Crippen LogP contribution in [-0.4, -0.2) is 50.0 Å². The molecule has 0 atom stereocenters. The second-order valence-electron chi connectivity index (χ2n) is 3.63. The molecule has 1 aromatic rings. The summed E-state index contributed by atoms with van der Waals surface area (Å²) in [5.41, 5.74) is 0. The molecule has 0 amide bonds. The normalized spacial score (nSPS) is 12.2. The third kappa shape index (κ3) is 3.58. The molecule has 0 radical (unpaired) electrons. The molecule has 16 heavy (non-hydrogen) atoms. The minimum absolute atomic E-state index is 0.115. The molecule has 1 aromatic heterocycles. The number of nitrogens with one attached hydrogen (secondary N) is 2. The lowest BCUT2D eigenvalue weighted by Crippen LogP contribution is -2.33. The van der Waals surface area contributed by atoms with E-state index in [9.17, 15) is 8.42 Å². The van der Waals surface area contributed by atoms with Crippen LogP contribution in [0, 0.1) is 6.92 Å². The number of aromatic amines is 1. The highest BCUT2D eigenvalue weighted by Gasteiger charge is 2.15. The fourth-order valence-electron chi connectivity index (χ4n) is 1.14. The standard InChI is InChI=1S/C9H18N4O2S/c1-4-13(3)6-5-11-16(14,15)9-7-10-8(2)12-9/h7,11H,4-6H2,1-3H3,(H,10,12). The Hall–Kier alpha value is -0.920. The summed E-state index contributed by atoms with van der Waals surface area (Å²) < 4.78 is 25.9. The highest BCUT2D eigenvalue weighted by Crippen LogP contribution is 2.03. The maximum Gasteiger partial charge on any atom is 0.257 e. The third-order valence-corrected chi connectivity index (χ3v) is 3.67. The topological polar surface area (TPSA) is 78.1 Å². The molecule has 2 N–H and O–H groups in total. The number of likely N-dealkylation sites (N-methyl/N-ethyl adjacent to an activating group) is 1. The predicted octanol–water partition coefficient (Wildman–Crippen LogP) is -0.0519. The first-order valence-electron chi connectivity index (χ1n) is 5.15. The molecule has 0 saturated heterocycles. The van der Waals surface area contributed by atoms with E-state index in [1.54, 1.807) is 6.92 Å². The van der Waals surface area contributed by atoms with E-state index in [0.29, 0.717) is 18.9 Å². The van der Waals surface area contributed by atoms with Crippen LogP contribution in [0.15, 0.2) is 11.2 Å². The Morgan fingerprint density at radius 3 is 2.75 bits per heavy atom. The molecule has 0 spiro atoms. The second-order valence-corrected chi connectivity index (χ2v) is 5.36. The van der Waals surface area contributed by atoms with Gasteiger partial charge in [-0.2, -0.15) is 0 Å². The molecule has 1 heterocycles. The van der Waals surface area contributed by atoms with Gasteiger partial charge < -0.3 is 9.88 Å². The minimum atomic E-state index is -3.44. The van der Waals surface area contributed by atoms with Gasteiger partial charge in [-0.25, -0.2) is 18.1 Å². The number of nitrogens with zero attached hydrogens (tertiary/aromatic N) is 2. The van der Waals surface area contributed by atoms with E-state index < -0.39 is 10.0 Å². The summed E-state index contributed by atoms with van der Waals surface area (Å²) in [6.45, 7) is 5.70. The van der Waals surface area contributed by atoms with E-state index in [1.165, 1.54) is 6.20 Å². The number of hydrogen-bond donors (Lipinski definition) is 2. The van der Waals surface area contributed by atoms with Crippen molar-refractivity contribution in [2.75, 3.05) is 26.7 Å². The average molecular weight is 246 g/mol. The maximum atomic E-state index is 11.7. The summed E-state index contributed by atoms with van der Waals surface area (Å²) in [5.74, 6) is 0.589. The second kappa shape index (κ2) is 5.42. The maximum absolute atomic E-state index is 11.7. The first-order chi connectivity index (χ1) is 7.45. The monoisotopic (exact) mass is 246 g/mol. The number of H-pyrrole nitrogens is 1. The van der Waals surface area contributed by atoms with Gasteiger partial charge in [-0.1, -0.05) is 6.92 Å². The molecule has 92 valence electrons. The van der Waals surface area contributed by atoms with E-state index in [-0.39, 0.29) is 5.03 Å². The Kier molecular flexibility index (Phi) is 4.45. The molecule has 6 nitrogen and oxygen atoms in total. The first kappa shape index (κ1) is 13.1. The summed E-state index contributed by atoms with van der Waals surface area (Å²) in [7, 11) is -1.50. The van der Waals surface area contributed by atoms with Gasteiger partial charge >= 0.3 is 0 Å². The number of hydrogen-bond acceptors (Lipinski definition) is 4. The molecule has 0 aromatic carbocycles.